The van der Waals surface area contributed by atoms with Crippen LogP contribution in [0.25, 0.3) is 0 Å². The molecule has 0 bridgehead atoms. The fourth-order valence-corrected chi connectivity index (χ4v) is 2.95. The zero-order chi connectivity index (χ0) is 15.4. The van der Waals surface area contributed by atoms with Gasteiger partial charge >= 0.3 is 5.69 Å². The number of hydrogen-bond donors (Lipinski definition) is 3. The van der Waals surface area contributed by atoms with E-state index in [1.54, 1.807) is 18.2 Å². The number of nitrogens with one attached hydrogen (secondary N) is 2. The number of nitrogens with zero attached hydrogens (tertiary/aromatic N) is 2. The summed E-state index contributed by atoms with van der Waals surface area (Å²) in [6.45, 7) is 2.34. The molecule has 0 aliphatic heterocycles. The van der Waals surface area contributed by atoms with Crippen LogP contribution < -0.4 is 16.7 Å². The first kappa shape index (κ1) is 15.6. The number of amides is 1. The molecule has 0 fully saturated rings. The Kier molecular flexibility index (Phi) is 5.07. The number of carbonyl (C=O) groups is 1. The van der Waals surface area contributed by atoms with Gasteiger partial charge in [-0.05, 0) is 41.1 Å². The highest BCUT2D eigenvalue weighted by molar-refractivity contribution is 9.10. The van der Waals surface area contributed by atoms with Crippen molar-refractivity contribution in [2.24, 2.45) is 0 Å². The standard InChI is InChI=1S/C12H14BrN5O2S/c1-2-18-11(20)16-17-12(18)21-6-10(19)15-9-4-3-7(14)5-8(9)13/h3-5H,2,6,14H2,1H3,(H,15,19)(H,16,20). The number of nitrogens with two attached hydrogens (primary N) is 1. The van der Waals surface area contributed by atoms with Crippen molar-refractivity contribution in [1.29, 1.82) is 0 Å². The van der Waals surface area contributed by atoms with E-state index in [0.717, 1.165) is 0 Å². The second kappa shape index (κ2) is 6.81. The molecule has 1 aromatic heterocycles. The predicted molar refractivity (Wildman–Crippen MR) is 86.4 cm³/mol. The van der Waals surface area contributed by atoms with Crippen LogP contribution in [0.2, 0.25) is 0 Å². The number of nitrogen functional groups attached to an aromatic ring is 1. The van der Waals surface area contributed by atoms with Gasteiger partial charge < -0.3 is 11.1 Å². The third-order valence-electron chi connectivity index (χ3n) is 2.64. The summed E-state index contributed by atoms with van der Waals surface area (Å²) in [6, 6.07) is 5.14. The van der Waals surface area contributed by atoms with Gasteiger partial charge in [-0.3, -0.25) is 9.36 Å². The number of H-pyrrole nitrogens is 1. The van der Waals surface area contributed by atoms with Crippen LogP contribution >= 0.6 is 27.7 Å². The molecule has 0 saturated heterocycles. The summed E-state index contributed by atoms with van der Waals surface area (Å²) in [5.74, 6) is -0.0373. The maximum absolute atomic E-state index is 11.9. The average Bonchev–Trinajstić information content (AvgIpc) is 2.80. The molecule has 0 spiro atoms. The molecule has 0 radical (unpaired) electrons. The molecule has 2 rings (SSSR count). The van der Waals surface area contributed by atoms with Gasteiger partial charge in [0.1, 0.15) is 0 Å². The maximum atomic E-state index is 11.9. The Morgan fingerprint density at radius 2 is 2.33 bits per heavy atom. The van der Waals surface area contributed by atoms with Crippen molar-refractivity contribution >= 4 is 45.0 Å². The maximum Gasteiger partial charge on any atom is 0.343 e. The number of rotatable bonds is 5. The van der Waals surface area contributed by atoms with Crippen LogP contribution in [0.5, 0.6) is 0 Å². The van der Waals surface area contributed by atoms with Crippen molar-refractivity contribution in [2.75, 3.05) is 16.8 Å². The average molecular weight is 372 g/mol. The zero-order valence-corrected chi connectivity index (χ0v) is 13.6. The molecule has 0 atom stereocenters. The fourth-order valence-electron chi connectivity index (χ4n) is 1.64. The first-order valence-electron chi connectivity index (χ1n) is 6.14. The Balaban J connectivity index is 1.97. The van der Waals surface area contributed by atoms with E-state index in [0.29, 0.717) is 27.5 Å². The van der Waals surface area contributed by atoms with Crippen molar-refractivity contribution in [2.45, 2.75) is 18.6 Å². The van der Waals surface area contributed by atoms with Crippen LogP contribution in [0.4, 0.5) is 11.4 Å². The van der Waals surface area contributed by atoms with Gasteiger partial charge in [-0.2, -0.15) is 0 Å². The molecule has 0 aliphatic rings. The molecule has 7 nitrogen and oxygen atoms in total. The normalized spacial score (nSPS) is 10.6. The van der Waals surface area contributed by atoms with Crippen LogP contribution in [0, 0.1) is 0 Å². The molecule has 2 aromatic rings. The summed E-state index contributed by atoms with van der Waals surface area (Å²) in [4.78, 5) is 23.3. The van der Waals surface area contributed by atoms with Crippen LogP contribution in [0.15, 0.2) is 32.6 Å². The van der Waals surface area contributed by atoms with Gasteiger partial charge in [-0.1, -0.05) is 11.8 Å². The van der Waals surface area contributed by atoms with Gasteiger partial charge in [-0.15, -0.1) is 5.10 Å². The van der Waals surface area contributed by atoms with E-state index in [4.69, 9.17) is 5.73 Å². The quantitative estimate of drug-likeness (QED) is 0.547. The molecular weight excluding hydrogens is 358 g/mol. The lowest BCUT2D eigenvalue weighted by Gasteiger charge is -2.08. The molecule has 1 aromatic carbocycles. The molecular formula is C12H14BrN5O2S. The number of halogens is 1. The Hall–Kier alpha value is -1.74. The second-order valence-electron chi connectivity index (χ2n) is 4.13. The number of carbonyl (C=O) groups excluding carboxylic acids is 1. The van der Waals surface area contributed by atoms with Gasteiger partial charge in [0.25, 0.3) is 0 Å². The molecule has 0 unspecified atom stereocenters. The number of anilines is 2. The highest BCUT2D eigenvalue weighted by atomic mass is 79.9. The third kappa shape index (κ3) is 3.88. The summed E-state index contributed by atoms with van der Waals surface area (Å²) in [5, 5.41) is 9.50. The van der Waals surface area contributed by atoms with Crippen molar-refractivity contribution < 1.29 is 4.79 Å². The van der Waals surface area contributed by atoms with Crippen LogP contribution in [0.1, 0.15) is 6.92 Å². The third-order valence-corrected chi connectivity index (χ3v) is 4.27. The molecule has 1 amide bonds. The van der Waals surface area contributed by atoms with E-state index in [1.807, 2.05) is 6.92 Å². The van der Waals surface area contributed by atoms with E-state index < -0.39 is 0 Å². The minimum absolute atomic E-state index is 0.154. The Morgan fingerprint density at radius 3 is 3.00 bits per heavy atom. The van der Waals surface area contributed by atoms with Gasteiger partial charge in [-0.25, -0.2) is 9.89 Å². The monoisotopic (exact) mass is 371 g/mol. The van der Waals surface area contributed by atoms with Gasteiger partial charge in [0, 0.05) is 16.7 Å². The largest absolute Gasteiger partial charge is 0.399 e. The molecule has 4 N–H and O–H groups in total. The fraction of sp³-hybridized carbons (Fsp3) is 0.250. The van der Waals surface area contributed by atoms with Crippen molar-refractivity contribution in [1.82, 2.24) is 14.8 Å². The predicted octanol–water partition coefficient (Wildman–Crippen LogP) is 1.67. The van der Waals surface area contributed by atoms with Crippen molar-refractivity contribution in [3.05, 3.63) is 33.2 Å². The lowest BCUT2D eigenvalue weighted by molar-refractivity contribution is -0.113. The lowest BCUT2D eigenvalue weighted by atomic mass is 10.3. The van der Waals surface area contributed by atoms with E-state index in [-0.39, 0.29) is 17.3 Å². The summed E-state index contributed by atoms with van der Waals surface area (Å²) in [6.07, 6.45) is 0. The molecule has 1 heterocycles. The van der Waals surface area contributed by atoms with Crippen molar-refractivity contribution in [3.8, 4) is 0 Å². The Morgan fingerprint density at radius 1 is 1.57 bits per heavy atom. The van der Waals surface area contributed by atoms with E-state index in [9.17, 15) is 9.59 Å². The highest BCUT2D eigenvalue weighted by Gasteiger charge is 2.11. The molecule has 0 aliphatic carbocycles. The number of thioether (sulfide) groups is 1. The summed E-state index contributed by atoms with van der Waals surface area (Å²) >= 11 is 4.53. The minimum atomic E-state index is -0.276. The van der Waals surface area contributed by atoms with Crippen LogP contribution in [-0.4, -0.2) is 26.4 Å². The van der Waals surface area contributed by atoms with Gasteiger partial charge in [0.2, 0.25) is 5.91 Å². The molecule has 0 saturated carbocycles. The zero-order valence-electron chi connectivity index (χ0n) is 11.2. The SMILES string of the molecule is CCn1c(SCC(=O)Nc2ccc(N)cc2Br)n[nH]c1=O. The number of hydrogen-bond acceptors (Lipinski definition) is 5. The van der Waals surface area contributed by atoms with E-state index in [1.165, 1.54) is 16.3 Å². The second-order valence-corrected chi connectivity index (χ2v) is 5.93. The number of benzene rings is 1. The molecule has 112 valence electrons. The highest BCUT2D eigenvalue weighted by Crippen LogP contribution is 2.25. The first-order valence-corrected chi connectivity index (χ1v) is 7.92. The summed E-state index contributed by atoms with van der Waals surface area (Å²) in [7, 11) is 0. The first-order chi connectivity index (χ1) is 10.0. The molecule has 21 heavy (non-hydrogen) atoms. The minimum Gasteiger partial charge on any atom is -0.399 e. The van der Waals surface area contributed by atoms with Crippen LogP contribution in [-0.2, 0) is 11.3 Å². The summed E-state index contributed by atoms with van der Waals surface area (Å²) in [5.41, 5.74) is 6.61. The van der Waals surface area contributed by atoms with E-state index in [2.05, 4.69) is 31.4 Å². The Bertz CT molecular complexity index is 712. The molecule has 9 heteroatoms. The lowest BCUT2D eigenvalue weighted by Crippen LogP contribution is -2.18. The van der Waals surface area contributed by atoms with Crippen molar-refractivity contribution in [3.63, 3.8) is 0 Å². The topological polar surface area (TPSA) is 106 Å². The van der Waals surface area contributed by atoms with Gasteiger partial charge in [0.15, 0.2) is 5.16 Å². The van der Waals surface area contributed by atoms with Gasteiger partial charge in [0.05, 0.1) is 11.4 Å². The summed E-state index contributed by atoms with van der Waals surface area (Å²) < 4.78 is 2.18. The Labute approximate surface area is 133 Å². The number of aromatic nitrogens is 3. The van der Waals surface area contributed by atoms with Crippen LogP contribution in [0.3, 0.4) is 0 Å². The number of aromatic amines is 1. The van der Waals surface area contributed by atoms with E-state index >= 15 is 0 Å². The smallest absolute Gasteiger partial charge is 0.343 e.